The number of fused-ring (bicyclic) bond motifs is 1. The minimum Gasteiger partial charge on any atom is -0.379 e. The molecule has 1 amide bonds. The number of amides is 1. The Bertz CT molecular complexity index is 951. The molecule has 2 N–H and O–H groups in total. The maximum atomic E-state index is 12.7. The number of carbonyl (C=O) groups is 1. The summed E-state index contributed by atoms with van der Waals surface area (Å²) in [6.45, 7) is 5.18. The van der Waals surface area contributed by atoms with Crippen LogP contribution in [0.3, 0.4) is 0 Å². The number of rotatable bonds is 6. The molecule has 1 saturated heterocycles. The average molecular weight is 377 g/mol. The van der Waals surface area contributed by atoms with Crippen molar-refractivity contribution < 1.29 is 9.53 Å². The molecule has 2 aromatic heterocycles. The van der Waals surface area contributed by atoms with Gasteiger partial charge in [0.05, 0.1) is 24.4 Å². The Morgan fingerprint density at radius 2 is 1.93 bits per heavy atom. The Kier molecular flexibility index (Phi) is 5.75. The highest BCUT2D eigenvalue weighted by Crippen LogP contribution is 2.21. The molecule has 0 bridgehead atoms. The molecule has 0 spiro atoms. The van der Waals surface area contributed by atoms with Gasteiger partial charge in [0.25, 0.3) is 5.91 Å². The fourth-order valence-electron chi connectivity index (χ4n) is 3.23. The van der Waals surface area contributed by atoms with Gasteiger partial charge in [-0.1, -0.05) is 18.2 Å². The lowest BCUT2D eigenvalue weighted by molar-refractivity contribution is 0.0398. The van der Waals surface area contributed by atoms with Gasteiger partial charge < -0.3 is 15.4 Å². The summed E-state index contributed by atoms with van der Waals surface area (Å²) < 4.78 is 5.36. The number of anilines is 2. The molecule has 7 heteroatoms. The summed E-state index contributed by atoms with van der Waals surface area (Å²) in [5, 5.41) is 7.24. The van der Waals surface area contributed by atoms with E-state index in [4.69, 9.17) is 4.74 Å². The van der Waals surface area contributed by atoms with Crippen LogP contribution in [0.5, 0.6) is 0 Å². The first-order valence-electron chi connectivity index (χ1n) is 9.45. The summed E-state index contributed by atoms with van der Waals surface area (Å²) in [4.78, 5) is 23.8. The molecule has 7 nitrogen and oxygen atoms in total. The second-order valence-corrected chi connectivity index (χ2v) is 6.65. The van der Waals surface area contributed by atoms with Gasteiger partial charge in [0.15, 0.2) is 0 Å². The summed E-state index contributed by atoms with van der Waals surface area (Å²) >= 11 is 0. The zero-order chi connectivity index (χ0) is 19.2. The van der Waals surface area contributed by atoms with Gasteiger partial charge in [-0.2, -0.15) is 0 Å². The zero-order valence-electron chi connectivity index (χ0n) is 15.6. The molecule has 3 aromatic rings. The quantitative estimate of drug-likeness (QED) is 0.688. The average Bonchev–Trinajstić information content (AvgIpc) is 2.75. The van der Waals surface area contributed by atoms with Crippen LogP contribution in [0.25, 0.3) is 10.9 Å². The second kappa shape index (κ2) is 8.77. The fourth-order valence-corrected chi connectivity index (χ4v) is 3.23. The van der Waals surface area contributed by atoms with E-state index in [1.165, 1.54) is 0 Å². The number of ether oxygens (including phenoxy) is 1. The number of aromatic nitrogens is 2. The molecule has 0 atom stereocenters. The molecule has 0 aliphatic carbocycles. The Morgan fingerprint density at radius 1 is 1.07 bits per heavy atom. The van der Waals surface area contributed by atoms with Crippen molar-refractivity contribution in [1.29, 1.82) is 0 Å². The first-order valence-corrected chi connectivity index (χ1v) is 9.45. The first-order chi connectivity index (χ1) is 13.8. The normalized spacial score (nSPS) is 14.7. The van der Waals surface area contributed by atoms with Crippen LogP contribution in [0.15, 0.2) is 54.9 Å². The van der Waals surface area contributed by atoms with Crippen LogP contribution in [-0.4, -0.2) is 60.2 Å². The second-order valence-electron chi connectivity index (χ2n) is 6.65. The van der Waals surface area contributed by atoms with E-state index in [1.807, 2.05) is 30.3 Å². The van der Waals surface area contributed by atoms with Gasteiger partial charge in [0.1, 0.15) is 5.82 Å². The van der Waals surface area contributed by atoms with Gasteiger partial charge in [-0.15, -0.1) is 0 Å². The highest BCUT2D eigenvalue weighted by Gasteiger charge is 2.11. The number of carbonyl (C=O) groups excluding carboxylic acids is 1. The van der Waals surface area contributed by atoms with E-state index in [9.17, 15) is 4.79 Å². The van der Waals surface area contributed by atoms with E-state index in [-0.39, 0.29) is 5.91 Å². The summed E-state index contributed by atoms with van der Waals surface area (Å²) in [5.41, 5.74) is 2.02. The Balaban J connectivity index is 1.39. The predicted molar refractivity (Wildman–Crippen MR) is 110 cm³/mol. The number of para-hydroxylation sites is 1. The molecule has 144 valence electrons. The van der Waals surface area contributed by atoms with Gasteiger partial charge in [0.2, 0.25) is 0 Å². The maximum Gasteiger partial charge on any atom is 0.255 e. The molecule has 4 rings (SSSR count). The van der Waals surface area contributed by atoms with Crippen molar-refractivity contribution in [2.45, 2.75) is 0 Å². The van der Waals surface area contributed by atoms with Crippen molar-refractivity contribution in [2.24, 2.45) is 0 Å². The van der Waals surface area contributed by atoms with Crippen molar-refractivity contribution in [1.82, 2.24) is 14.9 Å². The third kappa shape index (κ3) is 4.44. The Labute approximate surface area is 163 Å². The van der Waals surface area contributed by atoms with E-state index < -0.39 is 0 Å². The van der Waals surface area contributed by atoms with Crippen LogP contribution < -0.4 is 10.6 Å². The third-order valence-electron chi connectivity index (χ3n) is 4.74. The lowest BCUT2D eigenvalue weighted by Crippen LogP contribution is -2.39. The maximum absolute atomic E-state index is 12.7. The molecule has 3 heterocycles. The lowest BCUT2D eigenvalue weighted by atomic mass is 10.1. The predicted octanol–water partition coefficient (Wildman–Crippen LogP) is 2.63. The highest BCUT2D eigenvalue weighted by atomic mass is 16.5. The largest absolute Gasteiger partial charge is 0.379 e. The van der Waals surface area contributed by atoms with Gasteiger partial charge in [-0.3, -0.25) is 14.7 Å². The molecule has 1 aliphatic heterocycles. The first kappa shape index (κ1) is 18.3. The van der Waals surface area contributed by atoms with Gasteiger partial charge in [-0.25, -0.2) is 4.98 Å². The van der Waals surface area contributed by atoms with Crippen molar-refractivity contribution in [2.75, 3.05) is 50.0 Å². The van der Waals surface area contributed by atoms with Crippen LogP contribution >= 0.6 is 0 Å². The van der Waals surface area contributed by atoms with Gasteiger partial charge in [0, 0.05) is 49.5 Å². The summed E-state index contributed by atoms with van der Waals surface area (Å²) in [5.74, 6) is 0.508. The van der Waals surface area contributed by atoms with Crippen LogP contribution in [0.2, 0.25) is 0 Å². The molecule has 0 saturated carbocycles. The SMILES string of the molecule is O=C(Nc1cccc2cccnc12)c1ccnc(NCCN2CCOCC2)c1. The van der Waals surface area contributed by atoms with Crippen LogP contribution in [0.4, 0.5) is 11.5 Å². The fraction of sp³-hybridized carbons (Fsp3) is 0.286. The molecule has 28 heavy (non-hydrogen) atoms. The van der Waals surface area contributed by atoms with Crippen molar-refractivity contribution >= 4 is 28.3 Å². The highest BCUT2D eigenvalue weighted by molar-refractivity contribution is 6.08. The molecule has 1 aliphatic rings. The van der Waals surface area contributed by atoms with Crippen molar-refractivity contribution in [3.63, 3.8) is 0 Å². The number of morpholine rings is 1. The number of hydrogen-bond donors (Lipinski definition) is 2. The summed E-state index contributed by atoms with van der Waals surface area (Å²) in [6.07, 6.45) is 3.37. The number of hydrogen-bond acceptors (Lipinski definition) is 6. The lowest BCUT2D eigenvalue weighted by Gasteiger charge is -2.26. The monoisotopic (exact) mass is 377 g/mol. The number of nitrogens with zero attached hydrogens (tertiary/aromatic N) is 3. The molecule has 0 radical (unpaired) electrons. The molecule has 1 aromatic carbocycles. The standard InChI is InChI=1S/C21H23N5O2/c27-21(25-18-5-1-3-16-4-2-7-24-20(16)18)17-6-8-22-19(15-17)23-9-10-26-11-13-28-14-12-26/h1-8,15H,9-14H2,(H,22,23)(H,25,27). The Morgan fingerprint density at radius 3 is 2.82 bits per heavy atom. The van der Waals surface area contributed by atoms with Crippen LogP contribution in [0.1, 0.15) is 10.4 Å². The topological polar surface area (TPSA) is 79.4 Å². The van der Waals surface area contributed by atoms with E-state index in [0.717, 1.165) is 50.3 Å². The van der Waals surface area contributed by atoms with Crippen LogP contribution in [0, 0.1) is 0 Å². The van der Waals surface area contributed by atoms with Crippen molar-refractivity contribution in [3.05, 3.63) is 60.4 Å². The van der Waals surface area contributed by atoms with E-state index in [0.29, 0.717) is 17.1 Å². The summed E-state index contributed by atoms with van der Waals surface area (Å²) in [6, 6.07) is 13.1. The smallest absolute Gasteiger partial charge is 0.255 e. The summed E-state index contributed by atoms with van der Waals surface area (Å²) in [7, 11) is 0. The molecular formula is C21H23N5O2. The number of pyridine rings is 2. The van der Waals surface area contributed by atoms with Gasteiger partial charge in [-0.05, 0) is 24.3 Å². The zero-order valence-corrected chi connectivity index (χ0v) is 15.6. The van der Waals surface area contributed by atoms with E-state index >= 15 is 0 Å². The van der Waals surface area contributed by atoms with E-state index in [1.54, 1.807) is 24.5 Å². The molecular weight excluding hydrogens is 354 g/mol. The minimum absolute atomic E-state index is 0.184. The third-order valence-corrected chi connectivity index (χ3v) is 4.74. The molecule has 0 unspecified atom stereocenters. The Hall–Kier alpha value is -3.03. The van der Waals surface area contributed by atoms with Gasteiger partial charge >= 0.3 is 0 Å². The number of benzene rings is 1. The van der Waals surface area contributed by atoms with Crippen molar-refractivity contribution in [3.8, 4) is 0 Å². The molecule has 1 fully saturated rings. The van der Waals surface area contributed by atoms with E-state index in [2.05, 4.69) is 25.5 Å². The number of nitrogens with one attached hydrogen (secondary N) is 2. The van der Waals surface area contributed by atoms with Crippen LogP contribution in [-0.2, 0) is 4.74 Å². The minimum atomic E-state index is -0.184.